The molecule has 0 spiro atoms. The van der Waals surface area contributed by atoms with Crippen LogP contribution < -0.4 is 0 Å². The second-order valence-electron chi connectivity index (χ2n) is 5.64. The van der Waals surface area contributed by atoms with Crippen molar-refractivity contribution in [1.82, 2.24) is 0 Å². The van der Waals surface area contributed by atoms with Crippen LogP contribution in [-0.2, 0) is 0 Å². The minimum absolute atomic E-state index is 0.222. The van der Waals surface area contributed by atoms with Crippen molar-refractivity contribution in [2.24, 2.45) is 17.3 Å². The minimum atomic E-state index is -0.222. The van der Waals surface area contributed by atoms with Gasteiger partial charge < -0.3 is 5.11 Å². The highest BCUT2D eigenvalue weighted by molar-refractivity contribution is 5.10. The van der Waals surface area contributed by atoms with E-state index in [2.05, 4.69) is 6.92 Å². The zero-order chi connectivity index (χ0) is 8.40. The van der Waals surface area contributed by atoms with Gasteiger partial charge in [0.2, 0.25) is 0 Å². The fraction of sp³-hybridized carbons (Fsp3) is 1.00. The summed E-state index contributed by atoms with van der Waals surface area (Å²) in [6.45, 7) is 2.45. The Morgan fingerprint density at radius 2 is 1.83 bits per heavy atom. The second kappa shape index (κ2) is 1.89. The van der Waals surface area contributed by atoms with Crippen molar-refractivity contribution < 1.29 is 5.11 Å². The van der Waals surface area contributed by atoms with Gasteiger partial charge in [-0.05, 0) is 55.8 Å². The van der Waals surface area contributed by atoms with Crippen LogP contribution in [-0.4, -0.2) is 10.7 Å². The smallest absolute Gasteiger partial charge is 0.0679 e. The summed E-state index contributed by atoms with van der Waals surface area (Å²) >= 11 is 0. The molecule has 0 heterocycles. The molecule has 68 valence electrons. The average Bonchev–Trinajstić information content (AvgIpc) is 2.04. The van der Waals surface area contributed by atoms with Crippen LogP contribution in [0.3, 0.4) is 0 Å². The Balaban J connectivity index is 2.03. The molecule has 5 rings (SSSR count). The molecule has 1 heteroatoms. The van der Waals surface area contributed by atoms with Crippen LogP contribution in [0.1, 0.15) is 45.4 Å². The molecule has 4 bridgehead atoms. The minimum Gasteiger partial charge on any atom is -0.390 e. The molecule has 4 atom stereocenters. The summed E-state index contributed by atoms with van der Waals surface area (Å²) in [5, 5.41) is 10.3. The van der Waals surface area contributed by atoms with E-state index in [0.717, 1.165) is 18.8 Å². The Morgan fingerprint density at radius 3 is 2.42 bits per heavy atom. The van der Waals surface area contributed by atoms with Gasteiger partial charge in [-0.15, -0.1) is 0 Å². The van der Waals surface area contributed by atoms with Gasteiger partial charge in [0.1, 0.15) is 0 Å². The van der Waals surface area contributed by atoms with Crippen molar-refractivity contribution in [3.63, 3.8) is 0 Å². The quantitative estimate of drug-likeness (QED) is 0.585. The molecule has 5 saturated carbocycles. The Kier molecular flexibility index (Phi) is 1.16. The lowest BCUT2D eigenvalue weighted by Crippen LogP contribution is -2.59. The van der Waals surface area contributed by atoms with Crippen molar-refractivity contribution in [3.05, 3.63) is 0 Å². The lowest BCUT2D eigenvalue weighted by atomic mass is 9.45. The van der Waals surface area contributed by atoms with Gasteiger partial charge in [-0.2, -0.15) is 0 Å². The number of aliphatic hydroxyl groups is 1. The molecule has 0 aromatic heterocycles. The van der Waals surface area contributed by atoms with E-state index < -0.39 is 0 Å². The molecule has 12 heavy (non-hydrogen) atoms. The number of fused-ring (bicyclic) bond motifs is 2. The van der Waals surface area contributed by atoms with Crippen molar-refractivity contribution in [1.29, 1.82) is 0 Å². The second-order valence-corrected chi connectivity index (χ2v) is 5.64. The fourth-order valence-corrected chi connectivity index (χ4v) is 4.10. The first-order valence-corrected chi connectivity index (χ1v) is 5.35. The first-order valence-electron chi connectivity index (χ1n) is 5.35. The predicted molar refractivity (Wildman–Crippen MR) is 47.7 cm³/mol. The van der Waals surface area contributed by atoms with Gasteiger partial charge in [0.15, 0.2) is 0 Å². The highest BCUT2D eigenvalue weighted by atomic mass is 16.3. The summed E-state index contributed by atoms with van der Waals surface area (Å²) in [5.74, 6) is 1.50. The molecular formula is C11H18O. The largest absolute Gasteiger partial charge is 0.390 e. The topological polar surface area (TPSA) is 20.2 Å². The van der Waals surface area contributed by atoms with E-state index in [-0.39, 0.29) is 5.60 Å². The lowest BCUT2D eigenvalue weighted by Gasteiger charge is -2.62. The number of hydrogen-bond acceptors (Lipinski definition) is 1. The Bertz CT molecular complexity index is 201. The molecule has 0 amide bonds. The number of hydrogen-bond donors (Lipinski definition) is 1. The van der Waals surface area contributed by atoms with E-state index in [1.807, 2.05) is 0 Å². The van der Waals surface area contributed by atoms with Gasteiger partial charge in [-0.3, -0.25) is 0 Å². The van der Waals surface area contributed by atoms with Gasteiger partial charge in [-0.25, -0.2) is 0 Å². The zero-order valence-corrected chi connectivity index (χ0v) is 7.84. The van der Waals surface area contributed by atoms with Crippen LogP contribution in [0.4, 0.5) is 0 Å². The Morgan fingerprint density at radius 1 is 1.08 bits per heavy atom. The summed E-state index contributed by atoms with van der Waals surface area (Å²) in [6, 6.07) is 0. The average molecular weight is 166 g/mol. The molecule has 5 fully saturated rings. The van der Waals surface area contributed by atoms with Gasteiger partial charge in [-0.1, -0.05) is 6.92 Å². The molecule has 4 unspecified atom stereocenters. The summed E-state index contributed by atoms with van der Waals surface area (Å²) in [4.78, 5) is 0. The SMILES string of the molecule is CC12CCC3(O)CC1CCC3C2. The van der Waals surface area contributed by atoms with Crippen molar-refractivity contribution in [2.45, 2.75) is 51.0 Å². The summed E-state index contributed by atoms with van der Waals surface area (Å²) in [5.41, 5.74) is 0.397. The highest BCUT2D eigenvalue weighted by Crippen LogP contribution is 2.64. The standard InChI is InChI=1S/C11H18O/c1-10-4-5-11(12)7-8(10)2-3-9(11)6-10/h8-9,12H,2-7H2,1H3. The maximum atomic E-state index is 10.3. The fourth-order valence-electron chi connectivity index (χ4n) is 4.10. The third-order valence-electron chi connectivity index (χ3n) is 5.05. The molecule has 0 radical (unpaired) electrons. The van der Waals surface area contributed by atoms with Crippen molar-refractivity contribution in [2.75, 3.05) is 0 Å². The van der Waals surface area contributed by atoms with E-state index in [9.17, 15) is 5.11 Å². The van der Waals surface area contributed by atoms with Crippen molar-refractivity contribution >= 4 is 0 Å². The highest BCUT2D eigenvalue weighted by Gasteiger charge is 2.58. The Labute approximate surface area is 74.2 Å². The van der Waals surface area contributed by atoms with Gasteiger partial charge >= 0.3 is 0 Å². The summed E-state index contributed by atoms with van der Waals surface area (Å²) in [6.07, 6.45) is 7.50. The van der Waals surface area contributed by atoms with E-state index >= 15 is 0 Å². The third kappa shape index (κ3) is 0.693. The first kappa shape index (κ1) is 7.37. The van der Waals surface area contributed by atoms with E-state index in [4.69, 9.17) is 0 Å². The van der Waals surface area contributed by atoms with Crippen LogP contribution in [0.25, 0.3) is 0 Å². The summed E-state index contributed by atoms with van der Waals surface area (Å²) in [7, 11) is 0. The van der Waals surface area contributed by atoms with Crippen LogP contribution in [0, 0.1) is 17.3 Å². The molecule has 0 aliphatic heterocycles. The molecule has 0 aromatic rings. The molecule has 5 aliphatic rings. The number of rotatable bonds is 0. The summed E-state index contributed by atoms with van der Waals surface area (Å²) < 4.78 is 0. The maximum absolute atomic E-state index is 10.3. The first-order chi connectivity index (χ1) is 5.62. The molecular weight excluding hydrogens is 148 g/mol. The van der Waals surface area contributed by atoms with E-state index in [0.29, 0.717) is 11.3 Å². The molecule has 5 aliphatic carbocycles. The predicted octanol–water partition coefficient (Wildman–Crippen LogP) is 2.34. The van der Waals surface area contributed by atoms with Gasteiger partial charge in [0, 0.05) is 0 Å². The van der Waals surface area contributed by atoms with Gasteiger partial charge in [0.05, 0.1) is 5.60 Å². The molecule has 0 aromatic carbocycles. The van der Waals surface area contributed by atoms with Crippen LogP contribution in [0.15, 0.2) is 0 Å². The van der Waals surface area contributed by atoms with Crippen LogP contribution >= 0.6 is 0 Å². The van der Waals surface area contributed by atoms with E-state index in [1.54, 1.807) is 0 Å². The maximum Gasteiger partial charge on any atom is 0.0679 e. The monoisotopic (exact) mass is 166 g/mol. The van der Waals surface area contributed by atoms with Crippen LogP contribution in [0.2, 0.25) is 0 Å². The normalized spacial score (nSPS) is 62.5. The zero-order valence-electron chi connectivity index (χ0n) is 7.84. The Hall–Kier alpha value is -0.0400. The lowest BCUT2D eigenvalue weighted by molar-refractivity contribution is -0.195. The van der Waals surface area contributed by atoms with E-state index in [1.165, 1.54) is 25.7 Å². The van der Waals surface area contributed by atoms with Gasteiger partial charge in [0.25, 0.3) is 0 Å². The van der Waals surface area contributed by atoms with Crippen molar-refractivity contribution in [3.8, 4) is 0 Å². The third-order valence-corrected chi connectivity index (χ3v) is 5.05. The molecule has 0 saturated heterocycles. The molecule has 1 N–H and O–H groups in total. The van der Waals surface area contributed by atoms with Crippen LogP contribution in [0.5, 0.6) is 0 Å². The molecule has 1 nitrogen and oxygen atoms in total.